The van der Waals surface area contributed by atoms with Crippen LogP contribution in [0.15, 0.2) is 53.7 Å². The van der Waals surface area contributed by atoms with Crippen molar-refractivity contribution in [2.24, 2.45) is 0 Å². The fourth-order valence-corrected chi connectivity index (χ4v) is 5.14. The Morgan fingerprint density at radius 1 is 1.09 bits per heavy atom. The zero-order valence-electron chi connectivity index (χ0n) is 19.8. The second kappa shape index (κ2) is 11.6. The average molecular weight is 482 g/mol. The summed E-state index contributed by atoms with van der Waals surface area (Å²) in [5.74, 6) is 0.726. The Labute approximate surface area is 205 Å². The van der Waals surface area contributed by atoms with Gasteiger partial charge in [0.05, 0.1) is 11.8 Å². The van der Waals surface area contributed by atoms with Crippen molar-refractivity contribution >= 4 is 17.7 Å². The van der Waals surface area contributed by atoms with Crippen LogP contribution in [-0.4, -0.2) is 51.0 Å². The number of hydrogen-bond acceptors (Lipinski definition) is 5. The highest BCUT2D eigenvalue weighted by Gasteiger charge is 2.25. The zero-order valence-corrected chi connectivity index (χ0v) is 20.7. The molecule has 1 atom stereocenters. The highest BCUT2D eigenvalue weighted by Crippen LogP contribution is 2.29. The van der Waals surface area contributed by atoms with E-state index < -0.39 is 0 Å². The van der Waals surface area contributed by atoms with Gasteiger partial charge in [0.1, 0.15) is 5.82 Å². The second-order valence-corrected chi connectivity index (χ2v) is 9.68. The van der Waals surface area contributed by atoms with Gasteiger partial charge in [-0.15, -0.1) is 10.2 Å². The number of carbonyl (C=O) groups is 1. The third-order valence-corrected chi connectivity index (χ3v) is 7.29. The molecule has 1 N–H and O–H groups in total. The van der Waals surface area contributed by atoms with E-state index in [1.165, 1.54) is 54.3 Å². The van der Waals surface area contributed by atoms with Crippen LogP contribution < -0.4 is 5.32 Å². The van der Waals surface area contributed by atoms with Crippen molar-refractivity contribution in [1.29, 1.82) is 0 Å². The smallest absolute Gasteiger partial charge is 0.230 e. The van der Waals surface area contributed by atoms with E-state index in [4.69, 9.17) is 0 Å². The normalized spacial score (nSPS) is 15.3. The SMILES string of the molecule is Cc1ccccc1CCNC(=O)CSc1nnc(C(C)N2CCCCC2)n1-c1ccc(F)cc1. The Kier molecular flexibility index (Phi) is 8.34. The number of piperidine rings is 1. The summed E-state index contributed by atoms with van der Waals surface area (Å²) in [6.45, 7) is 6.87. The molecule has 0 radical (unpaired) electrons. The molecule has 0 spiro atoms. The van der Waals surface area contributed by atoms with Crippen molar-refractivity contribution < 1.29 is 9.18 Å². The van der Waals surface area contributed by atoms with Gasteiger partial charge in [0.2, 0.25) is 5.91 Å². The minimum atomic E-state index is -0.287. The number of hydrogen-bond donors (Lipinski definition) is 1. The third kappa shape index (κ3) is 6.04. The average Bonchev–Trinajstić information content (AvgIpc) is 3.28. The fraction of sp³-hybridized carbons (Fsp3) is 0.423. The van der Waals surface area contributed by atoms with E-state index in [0.717, 1.165) is 31.0 Å². The van der Waals surface area contributed by atoms with Crippen LogP contribution in [-0.2, 0) is 11.2 Å². The van der Waals surface area contributed by atoms with Crippen LogP contribution in [0.4, 0.5) is 4.39 Å². The van der Waals surface area contributed by atoms with Crippen molar-refractivity contribution in [2.45, 2.75) is 50.7 Å². The number of halogens is 1. The minimum absolute atomic E-state index is 0.0436. The van der Waals surface area contributed by atoms with Crippen molar-refractivity contribution in [2.75, 3.05) is 25.4 Å². The van der Waals surface area contributed by atoms with Crippen LogP contribution in [0.5, 0.6) is 0 Å². The Balaban J connectivity index is 1.44. The Bertz CT molecular complexity index is 1090. The molecule has 4 rings (SSSR count). The molecule has 34 heavy (non-hydrogen) atoms. The Morgan fingerprint density at radius 2 is 1.82 bits per heavy atom. The predicted molar refractivity (Wildman–Crippen MR) is 134 cm³/mol. The van der Waals surface area contributed by atoms with Gasteiger partial charge in [-0.05, 0) is 81.6 Å². The lowest BCUT2D eigenvalue weighted by atomic mass is 10.1. The molecule has 6 nitrogen and oxygen atoms in total. The first kappa shape index (κ1) is 24.4. The number of aryl methyl sites for hydroxylation is 1. The van der Waals surface area contributed by atoms with Gasteiger partial charge in [0, 0.05) is 12.2 Å². The van der Waals surface area contributed by atoms with E-state index in [0.29, 0.717) is 11.7 Å². The number of thioether (sulfide) groups is 1. The maximum absolute atomic E-state index is 13.6. The lowest BCUT2D eigenvalue weighted by molar-refractivity contribution is -0.118. The third-order valence-electron chi connectivity index (χ3n) is 6.37. The standard InChI is InChI=1S/C26H32FN5OS/c1-19-8-4-5-9-21(19)14-15-28-24(33)18-34-26-30-29-25(20(2)31-16-6-3-7-17-31)32(26)23-12-10-22(27)11-13-23/h4-5,8-13,20H,3,6-7,14-18H2,1-2H3,(H,28,33). The molecule has 1 aromatic heterocycles. The van der Waals surface area contributed by atoms with Gasteiger partial charge in [0.15, 0.2) is 11.0 Å². The van der Waals surface area contributed by atoms with Gasteiger partial charge in [-0.2, -0.15) is 0 Å². The number of nitrogens with zero attached hydrogens (tertiary/aromatic N) is 4. The summed E-state index contributed by atoms with van der Waals surface area (Å²) in [5, 5.41) is 12.6. The number of likely N-dealkylation sites (tertiary alicyclic amines) is 1. The van der Waals surface area contributed by atoms with Gasteiger partial charge in [-0.25, -0.2) is 4.39 Å². The van der Waals surface area contributed by atoms with Gasteiger partial charge in [-0.3, -0.25) is 14.3 Å². The predicted octanol–water partition coefficient (Wildman–Crippen LogP) is 4.71. The molecule has 0 bridgehead atoms. The van der Waals surface area contributed by atoms with Crippen LogP contribution in [0, 0.1) is 12.7 Å². The first-order valence-corrected chi connectivity index (χ1v) is 12.9. The first-order chi connectivity index (χ1) is 16.5. The summed E-state index contributed by atoms with van der Waals surface area (Å²) in [7, 11) is 0. The van der Waals surface area contributed by atoms with Crippen LogP contribution >= 0.6 is 11.8 Å². The topological polar surface area (TPSA) is 63.1 Å². The Hall–Kier alpha value is -2.71. The van der Waals surface area contributed by atoms with Crippen LogP contribution in [0.25, 0.3) is 5.69 Å². The maximum Gasteiger partial charge on any atom is 0.230 e. The number of amides is 1. The molecule has 1 unspecified atom stereocenters. The van der Waals surface area contributed by atoms with Crippen molar-refractivity contribution in [3.8, 4) is 5.69 Å². The van der Waals surface area contributed by atoms with E-state index >= 15 is 0 Å². The second-order valence-electron chi connectivity index (χ2n) is 8.74. The van der Waals surface area contributed by atoms with Crippen LogP contribution in [0.1, 0.15) is 49.2 Å². The van der Waals surface area contributed by atoms with E-state index in [-0.39, 0.29) is 23.5 Å². The van der Waals surface area contributed by atoms with Crippen LogP contribution in [0.3, 0.4) is 0 Å². The number of aromatic nitrogens is 3. The van der Waals surface area contributed by atoms with Gasteiger partial charge in [0.25, 0.3) is 0 Å². The molecule has 1 aliphatic rings. The van der Waals surface area contributed by atoms with E-state index in [1.807, 2.05) is 16.7 Å². The molecule has 1 saturated heterocycles. The summed E-state index contributed by atoms with van der Waals surface area (Å²) in [4.78, 5) is 14.9. The highest BCUT2D eigenvalue weighted by atomic mass is 32.2. The molecule has 1 amide bonds. The summed E-state index contributed by atoms with van der Waals surface area (Å²) in [6, 6.07) is 14.6. The summed E-state index contributed by atoms with van der Waals surface area (Å²) in [6.07, 6.45) is 4.42. The monoisotopic (exact) mass is 481 g/mol. The number of nitrogens with one attached hydrogen (secondary N) is 1. The van der Waals surface area contributed by atoms with Gasteiger partial charge >= 0.3 is 0 Å². The number of benzene rings is 2. The molecular weight excluding hydrogens is 449 g/mol. The lowest BCUT2D eigenvalue weighted by Gasteiger charge is -2.31. The summed E-state index contributed by atoms with van der Waals surface area (Å²) >= 11 is 1.35. The molecule has 0 aliphatic carbocycles. The Morgan fingerprint density at radius 3 is 2.56 bits per heavy atom. The van der Waals surface area contributed by atoms with Crippen LogP contribution in [0.2, 0.25) is 0 Å². The molecular formula is C26H32FN5OS. The largest absolute Gasteiger partial charge is 0.355 e. The number of rotatable bonds is 9. The molecule has 2 aromatic carbocycles. The van der Waals surface area contributed by atoms with E-state index in [1.54, 1.807) is 12.1 Å². The van der Waals surface area contributed by atoms with Gasteiger partial charge in [-0.1, -0.05) is 42.4 Å². The van der Waals surface area contributed by atoms with Crippen molar-refractivity contribution in [1.82, 2.24) is 25.0 Å². The molecule has 1 aliphatic heterocycles. The molecule has 8 heteroatoms. The summed E-state index contributed by atoms with van der Waals surface area (Å²) in [5.41, 5.74) is 3.27. The van der Waals surface area contributed by atoms with Gasteiger partial charge < -0.3 is 5.32 Å². The van der Waals surface area contributed by atoms with Crippen molar-refractivity contribution in [3.05, 3.63) is 71.3 Å². The van der Waals surface area contributed by atoms with E-state index in [9.17, 15) is 9.18 Å². The molecule has 3 aromatic rings. The molecule has 1 fully saturated rings. The maximum atomic E-state index is 13.6. The quantitative estimate of drug-likeness (QED) is 0.449. The molecule has 2 heterocycles. The number of carbonyl (C=O) groups excluding carboxylic acids is 1. The minimum Gasteiger partial charge on any atom is -0.355 e. The highest BCUT2D eigenvalue weighted by molar-refractivity contribution is 7.99. The first-order valence-electron chi connectivity index (χ1n) is 11.9. The molecule has 0 saturated carbocycles. The zero-order chi connectivity index (χ0) is 23.9. The van der Waals surface area contributed by atoms with Crippen molar-refractivity contribution in [3.63, 3.8) is 0 Å². The summed E-state index contributed by atoms with van der Waals surface area (Å²) < 4.78 is 15.6. The van der Waals surface area contributed by atoms with E-state index in [2.05, 4.69) is 46.4 Å². The lowest BCUT2D eigenvalue weighted by Crippen LogP contribution is -2.33. The fourth-order valence-electron chi connectivity index (χ4n) is 4.36. The molecule has 180 valence electrons.